The summed E-state index contributed by atoms with van der Waals surface area (Å²) in [6, 6.07) is 7.38. The highest BCUT2D eigenvalue weighted by Crippen LogP contribution is 2.30. The largest absolute Gasteiger partial charge is 0.497 e. The van der Waals surface area contributed by atoms with Crippen molar-refractivity contribution in [1.29, 1.82) is 0 Å². The van der Waals surface area contributed by atoms with Gasteiger partial charge < -0.3 is 10.1 Å². The number of carbonyl (C=O) groups is 1. The predicted octanol–water partition coefficient (Wildman–Crippen LogP) is 1.58. The normalized spacial score (nSPS) is 10.8. The smallest absolute Gasteiger partial charge is 0.294 e. The monoisotopic (exact) mass is 344 g/mol. The molecule has 1 N–H and O–H groups in total. The lowest BCUT2D eigenvalue weighted by Gasteiger charge is -2.08. The Kier molecular flexibility index (Phi) is 4.30. The molecule has 1 aromatic carbocycles. The maximum absolute atomic E-state index is 12.5. The van der Waals surface area contributed by atoms with E-state index in [2.05, 4.69) is 15.4 Å². The summed E-state index contributed by atoms with van der Waals surface area (Å²) in [4.78, 5) is 28.5. The van der Waals surface area contributed by atoms with E-state index in [9.17, 15) is 9.59 Å². The van der Waals surface area contributed by atoms with Crippen LogP contribution >= 0.6 is 11.3 Å². The second kappa shape index (κ2) is 6.40. The fraction of sp³-hybridized carbons (Fsp3) is 0.250. The third-order valence-electron chi connectivity index (χ3n) is 3.54. The Morgan fingerprint density at radius 3 is 2.67 bits per heavy atom. The molecule has 0 unspecified atom stereocenters. The van der Waals surface area contributed by atoms with Crippen molar-refractivity contribution in [3.63, 3.8) is 0 Å². The lowest BCUT2D eigenvalue weighted by atomic mass is 10.1. The van der Waals surface area contributed by atoms with Crippen LogP contribution in [0.2, 0.25) is 0 Å². The van der Waals surface area contributed by atoms with E-state index < -0.39 is 0 Å². The van der Waals surface area contributed by atoms with Crippen molar-refractivity contribution in [2.75, 3.05) is 14.2 Å². The summed E-state index contributed by atoms with van der Waals surface area (Å²) < 4.78 is 7.04. The number of thiazole rings is 1. The van der Waals surface area contributed by atoms with Gasteiger partial charge in [0.2, 0.25) is 5.91 Å². The number of hydrogen-bond donors (Lipinski definition) is 1. The number of nitrogens with one attached hydrogen (secondary N) is 1. The number of carbonyl (C=O) groups excluding carboxylic acids is 1. The van der Waals surface area contributed by atoms with Gasteiger partial charge in [-0.3, -0.25) is 9.59 Å². The Hall–Kier alpha value is -2.74. The summed E-state index contributed by atoms with van der Waals surface area (Å²) in [5.41, 5.74) is 1.43. The van der Waals surface area contributed by atoms with Gasteiger partial charge in [0.25, 0.3) is 5.56 Å². The molecule has 0 spiro atoms. The summed E-state index contributed by atoms with van der Waals surface area (Å²) >= 11 is 1.41. The number of likely N-dealkylation sites (N-methyl/N-ethyl adjacent to an activating group) is 1. The zero-order valence-electron chi connectivity index (χ0n) is 13.5. The van der Waals surface area contributed by atoms with Crippen molar-refractivity contribution in [1.82, 2.24) is 20.1 Å². The van der Waals surface area contributed by atoms with Crippen molar-refractivity contribution >= 4 is 27.5 Å². The third-order valence-corrected chi connectivity index (χ3v) is 4.52. The van der Waals surface area contributed by atoms with E-state index in [-0.39, 0.29) is 18.0 Å². The first-order chi connectivity index (χ1) is 11.5. The van der Waals surface area contributed by atoms with E-state index in [1.807, 2.05) is 31.2 Å². The van der Waals surface area contributed by atoms with Gasteiger partial charge in [0.05, 0.1) is 16.8 Å². The quantitative estimate of drug-likeness (QED) is 0.777. The Morgan fingerprint density at radius 2 is 2.04 bits per heavy atom. The zero-order chi connectivity index (χ0) is 17.3. The summed E-state index contributed by atoms with van der Waals surface area (Å²) in [7, 11) is 3.12. The average molecular weight is 344 g/mol. The van der Waals surface area contributed by atoms with Crippen molar-refractivity contribution in [2.45, 2.75) is 13.5 Å². The lowest BCUT2D eigenvalue weighted by molar-refractivity contribution is -0.121. The summed E-state index contributed by atoms with van der Waals surface area (Å²) in [6.07, 6.45) is 0. The van der Waals surface area contributed by atoms with Crippen LogP contribution in [0.25, 0.3) is 21.5 Å². The van der Waals surface area contributed by atoms with Crippen LogP contribution in [0.5, 0.6) is 5.75 Å². The highest BCUT2D eigenvalue weighted by atomic mass is 32.1. The van der Waals surface area contributed by atoms with Gasteiger partial charge in [-0.05, 0) is 31.2 Å². The first kappa shape index (κ1) is 16.1. The molecule has 1 amide bonds. The van der Waals surface area contributed by atoms with Gasteiger partial charge in [-0.25, -0.2) is 9.67 Å². The van der Waals surface area contributed by atoms with Crippen LogP contribution in [0.15, 0.2) is 29.1 Å². The molecule has 0 aliphatic carbocycles. The number of methoxy groups -OCH3 is 1. The topological polar surface area (TPSA) is 86.1 Å². The second-order valence-corrected chi connectivity index (χ2v) is 6.33. The minimum Gasteiger partial charge on any atom is -0.497 e. The molecule has 0 aliphatic rings. The molecule has 24 heavy (non-hydrogen) atoms. The number of benzene rings is 1. The Morgan fingerprint density at radius 1 is 1.33 bits per heavy atom. The van der Waals surface area contributed by atoms with E-state index >= 15 is 0 Å². The zero-order valence-corrected chi connectivity index (χ0v) is 14.3. The Bertz CT molecular complexity index is 960. The van der Waals surface area contributed by atoms with E-state index in [0.717, 1.165) is 25.7 Å². The number of hydrogen-bond acceptors (Lipinski definition) is 6. The summed E-state index contributed by atoms with van der Waals surface area (Å²) in [5.74, 6) is 0.436. The lowest BCUT2D eigenvalue weighted by Crippen LogP contribution is -2.32. The molecule has 2 heterocycles. The van der Waals surface area contributed by atoms with E-state index in [1.54, 1.807) is 7.11 Å². The number of aromatic nitrogens is 3. The van der Waals surface area contributed by atoms with Crippen LogP contribution in [0, 0.1) is 6.92 Å². The van der Waals surface area contributed by atoms with Crippen LogP contribution < -0.4 is 15.6 Å². The molecule has 3 aromatic rings. The van der Waals surface area contributed by atoms with Gasteiger partial charge >= 0.3 is 0 Å². The van der Waals surface area contributed by atoms with Crippen molar-refractivity contribution < 1.29 is 9.53 Å². The molecule has 7 nitrogen and oxygen atoms in total. The van der Waals surface area contributed by atoms with Crippen LogP contribution in [0.4, 0.5) is 0 Å². The van der Waals surface area contributed by atoms with Crippen molar-refractivity contribution in [3.05, 3.63) is 39.6 Å². The van der Waals surface area contributed by atoms with E-state index in [4.69, 9.17) is 4.74 Å². The average Bonchev–Trinajstić information content (AvgIpc) is 2.99. The maximum Gasteiger partial charge on any atom is 0.294 e. The van der Waals surface area contributed by atoms with Crippen LogP contribution in [0.1, 0.15) is 5.01 Å². The third kappa shape index (κ3) is 2.88. The van der Waals surface area contributed by atoms with Gasteiger partial charge in [-0.15, -0.1) is 11.3 Å². The Labute approximate surface area is 141 Å². The molecule has 0 bridgehead atoms. The summed E-state index contributed by atoms with van der Waals surface area (Å²) in [6.45, 7) is 1.69. The molecule has 8 heteroatoms. The first-order valence-corrected chi connectivity index (χ1v) is 8.08. The molecule has 0 saturated carbocycles. The molecule has 124 valence electrons. The van der Waals surface area contributed by atoms with Crippen LogP contribution in [-0.4, -0.2) is 34.8 Å². The molecular weight excluding hydrogens is 328 g/mol. The number of ether oxygens (including phenoxy) is 1. The standard InChI is InChI=1S/C16H16N4O3S/c1-9-18-14-15(24-9)13(10-4-6-11(23-3)7-5-10)19-20(16(14)22)8-12(21)17-2/h4-7H,8H2,1-3H3,(H,17,21). The highest BCUT2D eigenvalue weighted by molar-refractivity contribution is 7.19. The number of amides is 1. The van der Waals surface area contributed by atoms with E-state index in [0.29, 0.717) is 11.2 Å². The van der Waals surface area contributed by atoms with E-state index in [1.165, 1.54) is 18.4 Å². The highest BCUT2D eigenvalue weighted by Gasteiger charge is 2.17. The van der Waals surface area contributed by atoms with Gasteiger partial charge in [-0.2, -0.15) is 5.10 Å². The molecule has 0 fully saturated rings. The minimum absolute atomic E-state index is 0.148. The van der Waals surface area contributed by atoms with Gasteiger partial charge in [0.1, 0.15) is 18.0 Å². The molecule has 0 radical (unpaired) electrons. The molecule has 0 aliphatic heterocycles. The number of nitrogens with zero attached hydrogens (tertiary/aromatic N) is 3. The molecule has 0 saturated heterocycles. The van der Waals surface area contributed by atoms with Crippen LogP contribution in [0.3, 0.4) is 0 Å². The van der Waals surface area contributed by atoms with Gasteiger partial charge in [-0.1, -0.05) is 0 Å². The number of aryl methyl sites for hydroxylation is 1. The van der Waals surface area contributed by atoms with Crippen LogP contribution in [-0.2, 0) is 11.3 Å². The molecule has 3 rings (SSSR count). The number of rotatable bonds is 4. The SMILES string of the molecule is CNC(=O)Cn1nc(-c2ccc(OC)cc2)c2sc(C)nc2c1=O. The first-order valence-electron chi connectivity index (χ1n) is 7.26. The molecule has 2 aromatic heterocycles. The second-order valence-electron chi connectivity index (χ2n) is 5.12. The van der Waals surface area contributed by atoms with Gasteiger partial charge in [0.15, 0.2) is 5.52 Å². The minimum atomic E-state index is -0.366. The van der Waals surface area contributed by atoms with Crippen molar-refractivity contribution in [2.24, 2.45) is 0 Å². The summed E-state index contributed by atoms with van der Waals surface area (Å²) in [5, 5.41) is 7.67. The van der Waals surface area contributed by atoms with Gasteiger partial charge in [0, 0.05) is 12.6 Å². The number of fused-ring (bicyclic) bond motifs is 1. The van der Waals surface area contributed by atoms with Crippen molar-refractivity contribution in [3.8, 4) is 17.0 Å². The predicted molar refractivity (Wildman–Crippen MR) is 92.5 cm³/mol. The maximum atomic E-state index is 12.5. The fourth-order valence-corrected chi connectivity index (χ4v) is 3.24. The molecular formula is C16H16N4O3S. The molecule has 0 atom stereocenters. The Balaban J connectivity index is 2.22. The fourth-order valence-electron chi connectivity index (χ4n) is 2.33.